The first-order valence-electron chi connectivity index (χ1n) is 6.24. The van der Waals surface area contributed by atoms with Gasteiger partial charge in [0.25, 0.3) is 0 Å². The van der Waals surface area contributed by atoms with Crippen molar-refractivity contribution in [2.24, 2.45) is 0 Å². The highest BCUT2D eigenvalue weighted by atomic mass is 32.2. The molecule has 0 saturated carbocycles. The van der Waals surface area contributed by atoms with Crippen LogP contribution in [-0.2, 0) is 11.2 Å². The third-order valence-electron chi connectivity index (χ3n) is 2.75. The number of aliphatic hydroxyl groups is 2. The predicted molar refractivity (Wildman–Crippen MR) is 78.2 cm³/mol. The van der Waals surface area contributed by atoms with Gasteiger partial charge >= 0.3 is 0 Å². The van der Waals surface area contributed by atoms with E-state index in [-0.39, 0.29) is 19.1 Å². The smallest absolute Gasteiger partial charge is 0.230 e. The maximum Gasteiger partial charge on any atom is 0.230 e. The highest BCUT2D eigenvalue weighted by molar-refractivity contribution is 7.99. The zero-order valence-corrected chi connectivity index (χ0v) is 11.9. The number of benzene rings is 1. The molecule has 106 valence electrons. The molecule has 0 radical (unpaired) electrons. The van der Waals surface area contributed by atoms with Gasteiger partial charge in [-0.25, -0.2) is 0 Å². The van der Waals surface area contributed by atoms with E-state index in [1.54, 1.807) is 18.7 Å². The normalized spacial score (nSPS) is 11.3. The Morgan fingerprint density at radius 2 is 1.89 bits per heavy atom. The van der Waals surface area contributed by atoms with Crippen LogP contribution < -0.4 is 5.32 Å². The summed E-state index contributed by atoms with van der Waals surface area (Å²) < 4.78 is 0. The Hall–Kier alpha value is -1.04. The quantitative estimate of drug-likeness (QED) is 0.618. The summed E-state index contributed by atoms with van der Waals surface area (Å²) in [6.07, 6.45) is 0.927. The molecule has 0 unspecified atom stereocenters. The second-order valence-corrected chi connectivity index (χ2v) is 5.82. The summed E-state index contributed by atoms with van der Waals surface area (Å²) in [5.41, 5.74) is 0.322. The van der Waals surface area contributed by atoms with Crippen molar-refractivity contribution in [1.29, 1.82) is 0 Å². The first kappa shape index (κ1) is 16.0. The van der Waals surface area contributed by atoms with Crippen LogP contribution in [0.15, 0.2) is 30.3 Å². The second-order valence-electron chi connectivity index (χ2n) is 4.71. The number of aryl methyl sites for hydroxylation is 1. The lowest BCUT2D eigenvalue weighted by molar-refractivity contribution is -0.121. The van der Waals surface area contributed by atoms with Crippen LogP contribution in [0.1, 0.15) is 12.5 Å². The zero-order valence-electron chi connectivity index (χ0n) is 11.1. The molecule has 0 fully saturated rings. The monoisotopic (exact) mass is 283 g/mol. The van der Waals surface area contributed by atoms with Gasteiger partial charge in [0.1, 0.15) is 0 Å². The summed E-state index contributed by atoms with van der Waals surface area (Å²) in [5, 5.41) is 20.8. The van der Waals surface area contributed by atoms with Crippen molar-refractivity contribution in [3.63, 3.8) is 0 Å². The van der Waals surface area contributed by atoms with Crippen LogP contribution >= 0.6 is 11.8 Å². The van der Waals surface area contributed by atoms with Crippen LogP contribution in [-0.4, -0.2) is 46.4 Å². The fraction of sp³-hybridized carbons (Fsp3) is 0.500. The predicted octanol–water partition coefficient (Wildman–Crippen LogP) is 0.822. The SMILES string of the molecule is CC(CO)(CO)NC(=O)CSCCc1ccccc1. The molecule has 0 atom stereocenters. The molecule has 1 aromatic rings. The summed E-state index contributed by atoms with van der Waals surface area (Å²) in [6, 6.07) is 10.1. The van der Waals surface area contributed by atoms with Crippen LogP contribution in [0.5, 0.6) is 0 Å². The van der Waals surface area contributed by atoms with Crippen molar-refractivity contribution in [3.8, 4) is 0 Å². The van der Waals surface area contributed by atoms with E-state index in [4.69, 9.17) is 10.2 Å². The van der Waals surface area contributed by atoms with Gasteiger partial charge in [-0.2, -0.15) is 11.8 Å². The molecule has 3 N–H and O–H groups in total. The van der Waals surface area contributed by atoms with Crippen LogP contribution in [0.2, 0.25) is 0 Å². The summed E-state index contributed by atoms with van der Waals surface area (Å²) >= 11 is 1.54. The van der Waals surface area contributed by atoms with Crippen molar-refractivity contribution in [2.45, 2.75) is 18.9 Å². The third-order valence-corrected chi connectivity index (χ3v) is 3.71. The number of rotatable bonds is 8. The molecule has 0 aliphatic carbocycles. The van der Waals surface area contributed by atoms with Gasteiger partial charge in [-0.3, -0.25) is 4.79 Å². The Bertz CT molecular complexity index is 380. The molecule has 0 spiro atoms. The van der Waals surface area contributed by atoms with Crippen LogP contribution in [0.3, 0.4) is 0 Å². The molecule has 1 amide bonds. The van der Waals surface area contributed by atoms with E-state index in [9.17, 15) is 4.79 Å². The largest absolute Gasteiger partial charge is 0.394 e. The van der Waals surface area contributed by atoms with Gasteiger partial charge in [0.15, 0.2) is 0 Å². The van der Waals surface area contributed by atoms with Crippen molar-refractivity contribution in [2.75, 3.05) is 24.7 Å². The summed E-state index contributed by atoms with van der Waals surface area (Å²) in [5.74, 6) is 1.04. The van der Waals surface area contributed by atoms with E-state index >= 15 is 0 Å². The van der Waals surface area contributed by atoms with E-state index in [2.05, 4.69) is 17.4 Å². The summed E-state index contributed by atoms with van der Waals surface area (Å²) in [4.78, 5) is 11.6. The van der Waals surface area contributed by atoms with Crippen molar-refractivity contribution >= 4 is 17.7 Å². The van der Waals surface area contributed by atoms with Crippen molar-refractivity contribution < 1.29 is 15.0 Å². The molecular weight excluding hydrogens is 262 g/mol. The number of nitrogens with one attached hydrogen (secondary N) is 1. The number of carbonyl (C=O) groups is 1. The second kappa shape index (κ2) is 8.19. The molecule has 19 heavy (non-hydrogen) atoms. The molecular formula is C14H21NO3S. The summed E-state index contributed by atoms with van der Waals surface area (Å²) in [7, 11) is 0. The van der Waals surface area contributed by atoms with Gasteiger partial charge in [-0.1, -0.05) is 30.3 Å². The minimum atomic E-state index is -0.933. The lowest BCUT2D eigenvalue weighted by Crippen LogP contribution is -2.52. The van der Waals surface area contributed by atoms with E-state index in [1.165, 1.54) is 5.56 Å². The average molecular weight is 283 g/mol. The Morgan fingerprint density at radius 3 is 2.47 bits per heavy atom. The summed E-state index contributed by atoms with van der Waals surface area (Å²) in [6.45, 7) is 1.06. The maximum absolute atomic E-state index is 11.6. The van der Waals surface area contributed by atoms with Gasteiger partial charge in [-0.05, 0) is 24.7 Å². The molecule has 0 aromatic heterocycles. The van der Waals surface area contributed by atoms with Crippen LogP contribution in [0, 0.1) is 0 Å². The van der Waals surface area contributed by atoms with E-state index < -0.39 is 5.54 Å². The Morgan fingerprint density at radius 1 is 1.26 bits per heavy atom. The van der Waals surface area contributed by atoms with E-state index in [1.807, 2.05) is 18.2 Å². The first-order chi connectivity index (χ1) is 9.09. The molecule has 5 heteroatoms. The molecule has 4 nitrogen and oxygen atoms in total. The van der Waals surface area contributed by atoms with Gasteiger partial charge in [0.05, 0.1) is 24.5 Å². The maximum atomic E-state index is 11.6. The van der Waals surface area contributed by atoms with Crippen molar-refractivity contribution in [1.82, 2.24) is 5.32 Å². The fourth-order valence-electron chi connectivity index (χ4n) is 1.50. The highest BCUT2D eigenvalue weighted by Gasteiger charge is 2.24. The molecule has 0 heterocycles. The number of aliphatic hydroxyl groups excluding tert-OH is 2. The minimum Gasteiger partial charge on any atom is -0.394 e. The standard InChI is InChI=1S/C14H21NO3S/c1-14(10-16,11-17)15-13(18)9-19-8-7-12-5-3-2-4-6-12/h2-6,16-17H,7-11H2,1H3,(H,15,18). The minimum absolute atomic E-state index is 0.163. The lowest BCUT2D eigenvalue weighted by atomic mass is 10.1. The van der Waals surface area contributed by atoms with Gasteiger partial charge in [-0.15, -0.1) is 0 Å². The third kappa shape index (κ3) is 6.09. The number of thioether (sulfide) groups is 1. The molecule has 0 aliphatic heterocycles. The van der Waals surface area contributed by atoms with Crippen LogP contribution in [0.25, 0.3) is 0 Å². The van der Waals surface area contributed by atoms with Crippen LogP contribution in [0.4, 0.5) is 0 Å². The number of amides is 1. The Kier molecular flexibility index (Phi) is 6.91. The molecule has 1 rings (SSSR count). The van der Waals surface area contributed by atoms with Crippen molar-refractivity contribution in [3.05, 3.63) is 35.9 Å². The van der Waals surface area contributed by atoms with Gasteiger partial charge in [0.2, 0.25) is 5.91 Å². The average Bonchev–Trinajstić information content (AvgIpc) is 2.44. The van der Waals surface area contributed by atoms with E-state index in [0.717, 1.165) is 12.2 Å². The lowest BCUT2D eigenvalue weighted by Gasteiger charge is -2.26. The van der Waals surface area contributed by atoms with Gasteiger partial charge < -0.3 is 15.5 Å². The van der Waals surface area contributed by atoms with Gasteiger partial charge in [0, 0.05) is 0 Å². The molecule has 0 saturated heterocycles. The highest BCUT2D eigenvalue weighted by Crippen LogP contribution is 2.08. The molecule has 0 aliphatic rings. The first-order valence-corrected chi connectivity index (χ1v) is 7.39. The number of hydrogen-bond donors (Lipinski definition) is 3. The fourth-order valence-corrected chi connectivity index (χ4v) is 2.28. The topological polar surface area (TPSA) is 69.6 Å². The zero-order chi connectivity index (χ0) is 14.1. The Labute approximate surface area is 118 Å². The Balaban J connectivity index is 2.21. The number of carbonyl (C=O) groups excluding carboxylic acids is 1. The number of hydrogen-bond acceptors (Lipinski definition) is 4. The molecule has 1 aromatic carbocycles. The van der Waals surface area contributed by atoms with E-state index in [0.29, 0.717) is 5.75 Å². The molecule has 0 bridgehead atoms.